The largest absolute Gasteiger partial charge is 0.349 e. The highest BCUT2D eigenvalue weighted by Gasteiger charge is 2.42. The summed E-state index contributed by atoms with van der Waals surface area (Å²) in [7, 11) is 2.20. The number of anilines is 3. The molecule has 156 valence electrons. The number of hydrogen-bond acceptors (Lipinski definition) is 9. The van der Waals surface area contributed by atoms with E-state index in [4.69, 9.17) is 9.97 Å². The Morgan fingerprint density at radius 1 is 1.06 bits per heavy atom. The molecule has 0 amide bonds. The Labute approximate surface area is 184 Å². The van der Waals surface area contributed by atoms with Crippen LogP contribution in [0.25, 0.3) is 20.9 Å². The van der Waals surface area contributed by atoms with Crippen molar-refractivity contribution in [1.29, 1.82) is 0 Å². The lowest BCUT2D eigenvalue weighted by Crippen LogP contribution is -2.44. The molecule has 31 heavy (non-hydrogen) atoms. The maximum atomic E-state index is 4.80. The summed E-state index contributed by atoms with van der Waals surface area (Å²) < 4.78 is 1.03. The summed E-state index contributed by atoms with van der Waals surface area (Å²) in [5, 5.41) is 4.21. The van der Waals surface area contributed by atoms with E-state index in [1.165, 1.54) is 6.42 Å². The first kappa shape index (κ1) is 18.6. The lowest BCUT2D eigenvalue weighted by molar-refractivity contribution is 0.292. The van der Waals surface area contributed by atoms with Gasteiger partial charge in [0.05, 0.1) is 22.6 Å². The zero-order chi connectivity index (χ0) is 20.9. The van der Waals surface area contributed by atoms with Gasteiger partial charge in [0.1, 0.15) is 22.3 Å². The van der Waals surface area contributed by atoms with Crippen molar-refractivity contribution in [1.82, 2.24) is 29.8 Å². The van der Waals surface area contributed by atoms with Crippen LogP contribution in [-0.4, -0.2) is 62.0 Å². The number of aromatic nitrogens is 5. The first-order valence-electron chi connectivity index (χ1n) is 10.4. The number of likely N-dealkylation sites (N-methyl/N-ethyl adjacent to an activating group) is 1. The Morgan fingerprint density at radius 3 is 2.81 bits per heavy atom. The third-order valence-electron chi connectivity index (χ3n) is 6.17. The summed E-state index contributed by atoms with van der Waals surface area (Å²) in [5.41, 5.74) is 2.93. The quantitative estimate of drug-likeness (QED) is 0.527. The highest BCUT2D eigenvalue weighted by atomic mass is 32.1. The molecule has 1 N–H and O–H groups in total. The summed E-state index contributed by atoms with van der Waals surface area (Å²) >= 11 is 1.60. The van der Waals surface area contributed by atoms with Crippen LogP contribution in [0.3, 0.4) is 0 Å². The van der Waals surface area contributed by atoms with Crippen LogP contribution in [0, 0.1) is 6.92 Å². The topological polar surface area (TPSA) is 83.0 Å². The molecule has 4 aromatic heterocycles. The Morgan fingerprint density at radius 2 is 2.00 bits per heavy atom. The number of aryl methyl sites for hydroxylation is 1. The molecule has 2 fully saturated rings. The van der Waals surface area contributed by atoms with Gasteiger partial charge < -0.3 is 10.2 Å². The van der Waals surface area contributed by atoms with Crippen molar-refractivity contribution in [3.05, 3.63) is 48.5 Å². The molecule has 2 aliphatic heterocycles. The standard InChI is InChI=1S/C22H22N8S/c1-13-4-3-5-24-21(13)22-26-16-7-18(25-8-17(16)31-22)27-19-9-23-10-20(28-19)30-12-14-6-15(30)11-29(14)2/h3-5,7-10,14-15H,6,11-12H2,1-2H3,(H,25,27,28)/t14-,15-/m0/s1. The number of likely N-dealkylation sites (tertiary alicyclic amines) is 1. The molecule has 2 saturated heterocycles. The third-order valence-corrected chi connectivity index (χ3v) is 7.19. The lowest BCUT2D eigenvalue weighted by atomic mass is 10.2. The van der Waals surface area contributed by atoms with E-state index in [2.05, 4.69) is 50.1 Å². The first-order valence-corrected chi connectivity index (χ1v) is 11.2. The van der Waals surface area contributed by atoms with Crippen molar-refractivity contribution in [2.75, 3.05) is 30.4 Å². The van der Waals surface area contributed by atoms with Crippen molar-refractivity contribution >= 4 is 39.0 Å². The van der Waals surface area contributed by atoms with Gasteiger partial charge in [0.25, 0.3) is 0 Å². The number of thiazole rings is 1. The second kappa shape index (κ2) is 7.21. The van der Waals surface area contributed by atoms with E-state index >= 15 is 0 Å². The number of piperazine rings is 1. The van der Waals surface area contributed by atoms with Crippen molar-refractivity contribution in [2.24, 2.45) is 0 Å². The van der Waals surface area contributed by atoms with Gasteiger partial charge >= 0.3 is 0 Å². The Hall–Kier alpha value is -3.17. The number of fused-ring (bicyclic) bond motifs is 3. The zero-order valence-electron chi connectivity index (χ0n) is 17.4. The van der Waals surface area contributed by atoms with E-state index in [1.807, 2.05) is 24.5 Å². The minimum absolute atomic E-state index is 0.525. The number of hydrogen-bond donors (Lipinski definition) is 1. The maximum absolute atomic E-state index is 4.80. The van der Waals surface area contributed by atoms with Gasteiger partial charge in [0.2, 0.25) is 0 Å². The average Bonchev–Trinajstić information content (AvgIpc) is 3.47. The van der Waals surface area contributed by atoms with Gasteiger partial charge in [-0.2, -0.15) is 0 Å². The van der Waals surface area contributed by atoms with E-state index in [0.29, 0.717) is 23.7 Å². The predicted molar refractivity (Wildman–Crippen MR) is 123 cm³/mol. The molecule has 0 saturated carbocycles. The first-order chi connectivity index (χ1) is 15.1. The number of pyridine rings is 2. The van der Waals surface area contributed by atoms with E-state index < -0.39 is 0 Å². The second-order valence-corrected chi connectivity index (χ2v) is 9.28. The molecule has 8 nitrogen and oxygen atoms in total. The van der Waals surface area contributed by atoms with Gasteiger partial charge in [-0.25, -0.2) is 15.0 Å². The van der Waals surface area contributed by atoms with E-state index in [-0.39, 0.29) is 0 Å². The monoisotopic (exact) mass is 430 g/mol. The zero-order valence-corrected chi connectivity index (χ0v) is 18.2. The lowest BCUT2D eigenvalue weighted by Gasteiger charge is -2.32. The SMILES string of the molecule is Cc1cccnc1-c1nc2cc(Nc3cncc(N4C[C@@H]5C[C@H]4CN5C)n3)ncc2s1. The van der Waals surface area contributed by atoms with Gasteiger partial charge in [0, 0.05) is 43.6 Å². The Kier molecular flexibility index (Phi) is 4.32. The van der Waals surface area contributed by atoms with Crippen LogP contribution in [0.2, 0.25) is 0 Å². The smallest absolute Gasteiger partial charge is 0.152 e. The van der Waals surface area contributed by atoms with Crippen molar-refractivity contribution in [3.63, 3.8) is 0 Å². The van der Waals surface area contributed by atoms with Crippen LogP contribution in [0.4, 0.5) is 17.5 Å². The molecule has 2 bridgehead atoms. The van der Waals surface area contributed by atoms with Gasteiger partial charge in [-0.3, -0.25) is 14.9 Å². The van der Waals surface area contributed by atoms with E-state index in [1.54, 1.807) is 23.7 Å². The van der Waals surface area contributed by atoms with Crippen LogP contribution in [0.5, 0.6) is 0 Å². The van der Waals surface area contributed by atoms with E-state index in [9.17, 15) is 0 Å². The fraction of sp³-hybridized carbons (Fsp3) is 0.318. The molecular weight excluding hydrogens is 408 g/mol. The highest BCUT2D eigenvalue weighted by molar-refractivity contribution is 7.21. The molecule has 4 aromatic rings. The van der Waals surface area contributed by atoms with Gasteiger partial charge in [-0.15, -0.1) is 11.3 Å². The van der Waals surface area contributed by atoms with E-state index in [0.717, 1.165) is 45.4 Å². The molecule has 6 rings (SSSR count). The van der Waals surface area contributed by atoms with Crippen LogP contribution in [-0.2, 0) is 0 Å². The molecule has 0 radical (unpaired) electrons. The Bertz CT molecular complexity index is 1270. The van der Waals surface area contributed by atoms with Crippen molar-refractivity contribution < 1.29 is 0 Å². The molecular formula is C22H22N8S. The summed E-state index contributed by atoms with van der Waals surface area (Å²) in [6.45, 7) is 4.15. The fourth-order valence-electron chi connectivity index (χ4n) is 4.55. The second-order valence-electron chi connectivity index (χ2n) is 8.25. The normalized spacial score (nSPS) is 20.6. The molecule has 0 unspecified atom stereocenters. The molecule has 2 atom stereocenters. The highest BCUT2D eigenvalue weighted by Crippen LogP contribution is 2.34. The van der Waals surface area contributed by atoms with Crippen LogP contribution in [0.1, 0.15) is 12.0 Å². The fourth-order valence-corrected chi connectivity index (χ4v) is 5.52. The van der Waals surface area contributed by atoms with Gasteiger partial charge in [-0.1, -0.05) is 6.07 Å². The summed E-state index contributed by atoms with van der Waals surface area (Å²) in [4.78, 5) is 27.9. The minimum Gasteiger partial charge on any atom is -0.349 e. The van der Waals surface area contributed by atoms with Gasteiger partial charge in [-0.05, 0) is 32.0 Å². The Balaban J connectivity index is 1.25. The number of nitrogens with zero attached hydrogens (tertiary/aromatic N) is 7. The maximum Gasteiger partial charge on any atom is 0.152 e. The predicted octanol–water partition coefficient (Wildman–Crippen LogP) is 3.49. The summed E-state index contributed by atoms with van der Waals surface area (Å²) in [6.07, 6.45) is 8.44. The molecule has 6 heterocycles. The van der Waals surface area contributed by atoms with Gasteiger partial charge in [0.15, 0.2) is 5.82 Å². The van der Waals surface area contributed by atoms with Crippen LogP contribution in [0.15, 0.2) is 43.0 Å². The van der Waals surface area contributed by atoms with Crippen molar-refractivity contribution in [3.8, 4) is 10.7 Å². The number of rotatable bonds is 4. The third kappa shape index (κ3) is 3.30. The van der Waals surface area contributed by atoms with Crippen LogP contribution < -0.4 is 10.2 Å². The van der Waals surface area contributed by atoms with Crippen molar-refractivity contribution in [2.45, 2.75) is 25.4 Å². The molecule has 0 aromatic carbocycles. The average molecular weight is 431 g/mol. The minimum atomic E-state index is 0.525. The van der Waals surface area contributed by atoms with Crippen LogP contribution >= 0.6 is 11.3 Å². The number of nitrogens with one attached hydrogen (secondary N) is 1. The molecule has 9 heteroatoms. The molecule has 2 aliphatic rings. The summed E-state index contributed by atoms with van der Waals surface area (Å²) in [6, 6.07) is 7.09. The molecule has 0 aliphatic carbocycles. The molecule has 0 spiro atoms. The summed E-state index contributed by atoms with van der Waals surface area (Å²) in [5.74, 6) is 2.32.